The van der Waals surface area contributed by atoms with Crippen LogP contribution in [0.4, 0.5) is 5.69 Å². The van der Waals surface area contributed by atoms with E-state index in [1.54, 1.807) is 11.0 Å². The number of fused-ring (bicyclic) bond motifs is 1. The Kier molecular flexibility index (Phi) is 5.07. The molecule has 132 valence electrons. The first kappa shape index (κ1) is 17.1. The van der Waals surface area contributed by atoms with Crippen molar-refractivity contribution in [3.63, 3.8) is 0 Å². The van der Waals surface area contributed by atoms with Crippen molar-refractivity contribution in [2.75, 3.05) is 18.2 Å². The van der Waals surface area contributed by atoms with Crippen molar-refractivity contribution in [3.8, 4) is 5.88 Å². The van der Waals surface area contributed by atoms with E-state index in [0.717, 1.165) is 29.7 Å². The van der Waals surface area contributed by atoms with Crippen LogP contribution in [-0.2, 0) is 9.53 Å². The average molecular weight is 341 g/mol. The van der Waals surface area contributed by atoms with Gasteiger partial charge in [-0.1, -0.05) is 43.2 Å². The predicted molar refractivity (Wildman–Crippen MR) is 96.1 cm³/mol. The zero-order valence-corrected chi connectivity index (χ0v) is 14.6. The number of unbranched alkanes of at least 4 members (excludes halogenated alkanes) is 1. The van der Waals surface area contributed by atoms with Crippen LogP contribution in [0, 0.1) is 5.92 Å². The molecule has 0 fully saturated rings. The number of ether oxygens (including phenoxy) is 1. The fourth-order valence-electron chi connectivity index (χ4n) is 2.92. The van der Waals surface area contributed by atoms with Crippen LogP contribution < -0.4 is 5.01 Å². The SMILES string of the molecule is CCCCOC(=O)C1CN(n2ccc(O)n2)c2ccccc2C=C1C. The third-order valence-corrected chi connectivity index (χ3v) is 4.34. The van der Waals surface area contributed by atoms with Crippen molar-refractivity contribution in [2.24, 2.45) is 5.92 Å². The number of anilines is 1. The third kappa shape index (κ3) is 3.68. The summed E-state index contributed by atoms with van der Waals surface area (Å²) >= 11 is 0. The van der Waals surface area contributed by atoms with Gasteiger partial charge in [-0.15, -0.1) is 5.10 Å². The van der Waals surface area contributed by atoms with Crippen LogP contribution in [0.15, 0.2) is 42.1 Å². The minimum Gasteiger partial charge on any atom is -0.492 e. The van der Waals surface area contributed by atoms with Gasteiger partial charge in [-0.25, -0.2) is 0 Å². The van der Waals surface area contributed by atoms with Gasteiger partial charge in [0.15, 0.2) is 0 Å². The Bertz CT molecular complexity index is 782. The topological polar surface area (TPSA) is 67.6 Å². The average Bonchev–Trinajstić information content (AvgIpc) is 2.96. The number of hydrogen-bond acceptors (Lipinski definition) is 5. The maximum absolute atomic E-state index is 12.6. The smallest absolute Gasteiger partial charge is 0.314 e. The van der Waals surface area contributed by atoms with Gasteiger partial charge in [-0.2, -0.15) is 4.79 Å². The van der Waals surface area contributed by atoms with Crippen LogP contribution in [0.3, 0.4) is 0 Å². The Morgan fingerprint density at radius 1 is 1.36 bits per heavy atom. The molecule has 25 heavy (non-hydrogen) atoms. The van der Waals surface area contributed by atoms with Crippen LogP contribution in [0.25, 0.3) is 6.08 Å². The van der Waals surface area contributed by atoms with Gasteiger partial charge in [0.1, 0.15) is 0 Å². The molecule has 2 aromatic rings. The highest BCUT2D eigenvalue weighted by molar-refractivity contribution is 5.82. The second kappa shape index (κ2) is 7.42. The number of aromatic hydroxyl groups is 1. The molecule has 1 N–H and O–H groups in total. The number of aromatic nitrogens is 2. The van der Waals surface area contributed by atoms with Crippen molar-refractivity contribution in [1.29, 1.82) is 0 Å². The summed E-state index contributed by atoms with van der Waals surface area (Å²) in [5.41, 5.74) is 2.88. The Labute approximate surface area is 147 Å². The molecule has 0 radical (unpaired) electrons. The standard InChI is InChI=1S/C19H23N3O3/c1-3-4-11-25-19(24)16-13-21(22-10-9-18(23)20-22)17-8-6-5-7-15(17)12-14(16)2/h5-10,12,16H,3-4,11,13H2,1-2H3,(H,20,23). The highest BCUT2D eigenvalue weighted by Gasteiger charge is 2.29. The number of carbonyl (C=O) groups excluding carboxylic acids is 1. The van der Waals surface area contributed by atoms with Crippen molar-refractivity contribution < 1.29 is 14.6 Å². The molecule has 0 bridgehead atoms. The molecule has 0 amide bonds. The van der Waals surface area contributed by atoms with E-state index >= 15 is 0 Å². The quantitative estimate of drug-likeness (QED) is 0.668. The van der Waals surface area contributed by atoms with E-state index < -0.39 is 5.92 Å². The first-order chi connectivity index (χ1) is 12.1. The van der Waals surface area contributed by atoms with Crippen molar-refractivity contribution in [3.05, 3.63) is 47.7 Å². The lowest BCUT2D eigenvalue weighted by Gasteiger charge is -2.27. The minimum absolute atomic E-state index is 0.0616. The molecule has 1 aromatic carbocycles. The van der Waals surface area contributed by atoms with Crippen LogP contribution in [-0.4, -0.2) is 34.1 Å². The maximum Gasteiger partial charge on any atom is 0.314 e. The molecule has 2 heterocycles. The van der Waals surface area contributed by atoms with Crippen LogP contribution in [0.5, 0.6) is 5.88 Å². The van der Waals surface area contributed by atoms with E-state index in [2.05, 4.69) is 12.0 Å². The molecular weight excluding hydrogens is 318 g/mol. The summed E-state index contributed by atoms with van der Waals surface area (Å²) in [6, 6.07) is 9.39. The summed E-state index contributed by atoms with van der Waals surface area (Å²) in [4.78, 5) is 14.2. The fraction of sp³-hybridized carbons (Fsp3) is 0.368. The Morgan fingerprint density at radius 3 is 2.88 bits per heavy atom. The first-order valence-corrected chi connectivity index (χ1v) is 8.56. The fourth-order valence-corrected chi connectivity index (χ4v) is 2.92. The van der Waals surface area contributed by atoms with E-state index in [0.29, 0.717) is 13.2 Å². The maximum atomic E-state index is 12.6. The number of para-hydroxylation sites is 1. The summed E-state index contributed by atoms with van der Waals surface area (Å²) < 4.78 is 5.45. The van der Waals surface area contributed by atoms with Gasteiger partial charge in [0.05, 0.1) is 31.0 Å². The second-order valence-electron chi connectivity index (χ2n) is 6.20. The Balaban J connectivity index is 1.94. The molecule has 0 spiro atoms. The molecule has 0 saturated heterocycles. The van der Waals surface area contributed by atoms with E-state index in [4.69, 9.17) is 4.74 Å². The molecule has 6 nitrogen and oxygen atoms in total. The van der Waals surface area contributed by atoms with E-state index in [9.17, 15) is 9.90 Å². The van der Waals surface area contributed by atoms with E-state index in [1.807, 2.05) is 42.3 Å². The van der Waals surface area contributed by atoms with Crippen molar-refractivity contribution in [1.82, 2.24) is 9.89 Å². The molecule has 6 heteroatoms. The van der Waals surface area contributed by atoms with E-state index in [-0.39, 0.29) is 11.8 Å². The minimum atomic E-state index is -0.393. The normalized spacial score (nSPS) is 16.8. The van der Waals surface area contributed by atoms with Crippen molar-refractivity contribution >= 4 is 17.7 Å². The zero-order valence-electron chi connectivity index (χ0n) is 14.6. The van der Waals surface area contributed by atoms with Crippen molar-refractivity contribution in [2.45, 2.75) is 26.7 Å². The van der Waals surface area contributed by atoms with Gasteiger partial charge in [-0.3, -0.25) is 9.80 Å². The Morgan fingerprint density at radius 2 is 2.16 bits per heavy atom. The summed E-state index contributed by atoms with van der Waals surface area (Å²) in [5.74, 6) is -0.680. The molecule has 0 aliphatic carbocycles. The van der Waals surface area contributed by atoms with Crippen LogP contribution in [0.2, 0.25) is 0 Å². The van der Waals surface area contributed by atoms with E-state index in [1.165, 1.54) is 6.07 Å². The van der Waals surface area contributed by atoms with Gasteiger partial charge < -0.3 is 9.84 Å². The van der Waals surface area contributed by atoms with Crippen LogP contribution in [0.1, 0.15) is 32.3 Å². The van der Waals surface area contributed by atoms with Crippen LogP contribution >= 0.6 is 0 Å². The van der Waals surface area contributed by atoms with Gasteiger partial charge in [0.2, 0.25) is 5.88 Å². The number of benzene rings is 1. The number of hydrogen-bond donors (Lipinski definition) is 1. The molecule has 3 rings (SSSR count). The van der Waals surface area contributed by atoms with Gasteiger partial charge >= 0.3 is 5.97 Å². The summed E-state index contributed by atoms with van der Waals surface area (Å²) in [5, 5.41) is 15.6. The monoisotopic (exact) mass is 341 g/mol. The summed E-state index contributed by atoms with van der Waals surface area (Å²) in [6.45, 7) is 4.85. The predicted octanol–water partition coefficient (Wildman–Crippen LogP) is 3.23. The molecule has 1 aromatic heterocycles. The third-order valence-electron chi connectivity index (χ3n) is 4.34. The molecule has 1 unspecified atom stereocenters. The van der Waals surface area contributed by atoms with Gasteiger partial charge in [-0.05, 0) is 25.0 Å². The molecule has 1 aliphatic heterocycles. The highest BCUT2D eigenvalue weighted by atomic mass is 16.5. The molecule has 1 atom stereocenters. The lowest BCUT2D eigenvalue weighted by molar-refractivity contribution is -0.147. The number of nitrogens with zero attached hydrogens (tertiary/aromatic N) is 3. The molecular formula is C19H23N3O3. The summed E-state index contributed by atoms with van der Waals surface area (Å²) in [7, 11) is 0. The van der Waals surface area contributed by atoms with Gasteiger partial charge in [0.25, 0.3) is 0 Å². The Hall–Kier alpha value is -2.76. The zero-order chi connectivity index (χ0) is 17.8. The number of carbonyl (C=O) groups is 1. The lowest BCUT2D eigenvalue weighted by atomic mass is 9.99. The number of rotatable bonds is 5. The first-order valence-electron chi connectivity index (χ1n) is 8.56. The molecule has 0 saturated carbocycles. The highest BCUT2D eigenvalue weighted by Crippen LogP contribution is 2.31. The van der Waals surface area contributed by atoms with Gasteiger partial charge in [0, 0.05) is 6.07 Å². The molecule has 1 aliphatic rings. The summed E-state index contributed by atoms with van der Waals surface area (Å²) in [6.07, 6.45) is 5.53. The number of esters is 1. The second-order valence-corrected chi connectivity index (χ2v) is 6.20. The lowest BCUT2D eigenvalue weighted by Crippen LogP contribution is -2.38. The largest absolute Gasteiger partial charge is 0.492 e.